The van der Waals surface area contributed by atoms with Gasteiger partial charge in [-0.2, -0.15) is 5.10 Å². The summed E-state index contributed by atoms with van der Waals surface area (Å²) < 4.78 is 30.9. The molecule has 0 bridgehead atoms. The average molecular weight is 466 g/mol. The number of nitrogens with zero attached hydrogens (tertiary/aromatic N) is 3. The fourth-order valence-corrected chi connectivity index (χ4v) is 3.48. The van der Waals surface area contributed by atoms with E-state index in [2.05, 4.69) is 26.3 Å². The summed E-state index contributed by atoms with van der Waals surface area (Å²) in [5, 5.41) is 7.74. The zero-order valence-electron chi connectivity index (χ0n) is 19.0. The third kappa shape index (κ3) is 4.49. The average Bonchev–Trinajstić information content (AvgIpc) is 3.22. The second-order valence-corrected chi connectivity index (χ2v) is 7.19. The number of halogens is 1. The second-order valence-electron chi connectivity index (χ2n) is 7.19. The molecule has 2 heterocycles. The molecule has 11 heteroatoms. The quantitative estimate of drug-likeness (QED) is 0.354. The Hall–Kier alpha value is -4.54. The Morgan fingerprint density at radius 1 is 1.00 bits per heavy atom. The molecule has 176 valence electrons. The number of urea groups is 1. The Morgan fingerprint density at radius 3 is 2.29 bits per heavy atom. The number of carbonyl (C=O) groups excluding carboxylic acids is 1. The van der Waals surface area contributed by atoms with Gasteiger partial charge in [0, 0.05) is 24.6 Å². The molecule has 2 amide bonds. The first kappa shape index (κ1) is 22.6. The lowest BCUT2D eigenvalue weighted by atomic mass is 10.0. The first-order valence-corrected chi connectivity index (χ1v) is 10.1. The lowest BCUT2D eigenvalue weighted by molar-refractivity contribution is 0.253. The Balaban J connectivity index is 1.55. The lowest BCUT2D eigenvalue weighted by Gasteiger charge is -2.15. The zero-order chi connectivity index (χ0) is 24.2. The summed E-state index contributed by atoms with van der Waals surface area (Å²) in [6, 6.07) is 10.5. The summed E-state index contributed by atoms with van der Waals surface area (Å²) in [4.78, 5) is 17.0. The van der Waals surface area contributed by atoms with Crippen LogP contribution >= 0.6 is 0 Å². The summed E-state index contributed by atoms with van der Waals surface area (Å²) >= 11 is 0. The molecule has 2 aromatic carbocycles. The molecule has 10 nitrogen and oxygen atoms in total. The van der Waals surface area contributed by atoms with E-state index in [0.717, 1.165) is 16.5 Å². The van der Waals surface area contributed by atoms with Crippen molar-refractivity contribution in [3.8, 4) is 28.4 Å². The molecule has 4 aromatic rings. The molecule has 2 aromatic heterocycles. The molecule has 0 aliphatic carbocycles. The summed E-state index contributed by atoms with van der Waals surface area (Å²) in [5.41, 5.74) is 7.94. The maximum absolute atomic E-state index is 13.4. The van der Waals surface area contributed by atoms with E-state index >= 15 is 0 Å². The van der Waals surface area contributed by atoms with Crippen molar-refractivity contribution < 1.29 is 23.4 Å². The van der Waals surface area contributed by atoms with Crippen molar-refractivity contribution in [2.24, 2.45) is 7.05 Å². The van der Waals surface area contributed by atoms with Crippen molar-refractivity contribution in [3.63, 3.8) is 0 Å². The number of pyridine rings is 1. The molecule has 0 aliphatic rings. The van der Waals surface area contributed by atoms with Crippen LogP contribution in [0.1, 0.15) is 0 Å². The topological polar surface area (TPSA) is 112 Å². The minimum absolute atomic E-state index is 0.330. The number of rotatable bonds is 7. The maximum atomic E-state index is 13.4. The third-order valence-corrected chi connectivity index (χ3v) is 5.09. The number of anilines is 2. The van der Waals surface area contributed by atoms with Gasteiger partial charge in [0.05, 0.1) is 33.2 Å². The minimum atomic E-state index is -0.551. The number of aromatic nitrogens is 3. The van der Waals surface area contributed by atoms with Gasteiger partial charge < -0.3 is 19.5 Å². The number of fused-ring (bicyclic) bond motifs is 1. The third-order valence-electron chi connectivity index (χ3n) is 5.09. The monoisotopic (exact) mass is 466 g/mol. The molecular weight excluding hydrogens is 443 g/mol. The van der Waals surface area contributed by atoms with E-state index in [1.807, 2.05) is 0 Å². The summed E-state index contributed by atoms with van der Waals surface area (Å²) in [7, 11) is 6.23. The van der Waals surface area contributed by atoms with Crippen molar-refractivity contribution in [3.05, 3.63) is 54.5 Å². The number of ether oxygens (including phenoxy) is 3. The van der Waals surface area contributed by atoms with Gasteiger partial charge in [-0.25, -0.2) is 14.2 Å². The van der Waals surface area contributed by atoms with Gasteiger partial charge in [-0.3, -0.25) is 15.5 Å². The van der Waals surface area contributed by atoms with Crippen molar-refractivity contribution >= 4 is 28.6 Å². The normalized spacial score (nSPS) is 10.6. The van der Waals surface area contributed by atoms with E-state index < -0.39 is 6.03 Å². The van der Waals surface area contributed by atoms with Crippen LogP contribution in [0.5, 0.6) is 17.2 Å². The molecule has 0 saturated carbocycles. The first-order valence-electron chi connectivity index (χ1n) is 10.1. The SMILES string of the molecule is COc1cc(NC(=O)NNc2cc(-c3ccc(F)cc3)c3cnn(C)c3n2)cc(OC)c1OC. The molecule has 4 rings (SSSR count). The van der Waals surface area contributed by atoms with Crippen LogP contribution < -0.4 is 30.4 Å². The van der Waals surface area contributed by atoms with Gasteiger partial charge in [-0.15, -0.1) is 0 Å². The number of carbonyl (C=O) groups is 1. The van der Waals surface area contributed by atoms with Gasteiger partial charge in [-0.1, -0.05) is 12.1 Å². The highest BCUT2D eigenvalue weighted by Crippen LogP contribution is 2.40. The van der Waals surface area contributed by atoms with E-state index in [1.165, 1.54) is 33.5 Å². The molecule has 0 saturated heterocycles. The van der Waals surface area contributed by atoms with E-state index in [9.17, 15) is 9.18 Å². The van der Waals surface area contributed by atoms with Crippen LogP contribution in [0.15, 0.2) is 48.7 Å². The number of hydrazine groups is 1. The van der Waals surface area contributed by atoms with Gasteiger partial charge >= 0.3 is 6.03 Å². The minimum Gasteiger partial charge on any atom is -0.493 e. The lowest BCUT2D eigenvalue weighted by Crippen LogP contribution is -2.34. The van der Waals surface area contributed by atoms with Gasteiger partial charge in [0.15, 0.2) is 17.1 Å². The van der Waals surface area contributed by atoms with Crippen LogP contribution in [0.2, 0.25) is 0 Å². The second kappa shape index (κ2) is 9.53. The number of amides is 2. The van der Waals surface area contributed by atoms with E-state index in [-0.39, 0.29) is 5.82 Å². The highest BCUT2D eigenvalue weighted by atomic mass is 19.1. The predicted octanol–water partition coefficient (Wildman–Crippen LogP) is 3.95. The number of benzene rings is 2. The molecular formula is C23H23FN6O4. The van der Waals surface area contributed by atoms with Gasteiger partial charge in [-0.05, 0) is 29.3 Å². The molecule has 0 fully saturated rings. The van der Waals surface area contributed by atoms with Gasteiger partial charge in [0.25, 0.3) is 0 Å². The van der Waals surface area contributed by atoms with Crippen LogP contribution in [0, 0.1) is 5.82 Å². The van der Waals surface area contributed by atoms with Crippen LogP contribution in [-0.2, 0) is 7.05 Å². The fourth-order valence-electron chi connectivity index (χ4n) is 3.48. The largest absolute Gasteiger partial charge is 0.493 e. The molecule has 0 atom stereocenters. The number of hydrogen-bond acceptors (Lipinski definition) is 7. The van der Waals surface area contributed by atoms with E-state index in [1.54, 1.807) is 48.3 Å². The van der Waals surface area contributed by atoms with Crippen LogP contribution in [0.25, 0.3) is 22.2 Å². The number of nitrogens with one attached hydrogen (secondary N) is 3. The molecule has 34 heavy (non-hydrogen) atoms. The molecule has 0 aliphatic heterocycles. The Kier molecular flexibility index (Phi) is 6.35. The zero-order valence-corrected chi connectivity index (χ0v) is 19.0. The summed E-state index contributed by atoms with van der Waals surface area (Å²) in [5.74, 6) is 1.25. The van der Waals surface area contributed by atoms with Crippen LogP contribution in [0.4, 0.5) is 20.7 Å². The maximum Gasteiger partial charge on any atom is 0.337 e. The Bertz CT molecular complexity index is 1310. The summed E-state index contributed by atoms with van der Waals surface area (Å²) in [6.45, 7) is 0. The van der Waals surface area contributed by atoms with Crippen LogP contribution in [0.3, 0.4) is 0 Å². The smallest absolute Gasteiger partial charge is 0.337 e. The van der Waals surface area contributed by atoms with Gasteiger partial charge in [0.2, 0.25) is 5.75 Å². The van der Waals surface area contributed by atoms with E-state index in [4.69, 9.17) is 14.2 Å². The van der Waals surface area contributed by atoms with Crippen molar-refractivity contribution in [2.45, 2.75) is 0 Å². The standard InChI is InChI=1S/C23H23FN6O4/c1-30-22-17(12-25-30)16(13-5-7-14(24)8-6-13)11-20(27-22)28-29-23(31)26-15-9-18(32-2)21(34-4)19(10-15)33-3/h5-12H,1-4H3,(H,27,28)(H2,26,29,31). The predicted molar refractivity (Wildman–Crippen MR) is 126 cm³/mol. The molecule has 0 radical (unpaired) electrons. The molecule has 3 N–H and O–H groups in total. The molecule has 0 spiro atoms. The molecule has 0 unspecified atom stereocenters. The van der Waals surface area contributed by atoms with E-state index in [0.29, 0.717) is 34.4 Å². The first-order chi connectivity index (χ1) is 16.4. The fraction of sp³-hybridized carbons (Fsp3) is 0.174. The highest BCUT2D eigenvalue weighted by Gasteiger charge is 2.15. The Labute approximate surface area is 194 Å². The van der Waals surface area contributed by atoms with Crippen molar-refractivity contribution in [1.82, 2.24) is 20.2 Å². The number of methoxy groups -OCH3 is 3. The summed E-state index contributed by atoms with van der Waals surface area (Å²) in [6.07, 6.45) is 1.69. The highest BCUT2D eigenvalue weighted by molar-refractivity contribution is 5.95. The van der Waals surface area contributed by atoms with Gasteiger partial charge in [0.1, 0.15) is 11.6 Å². The van der Waals surface area contributed by atoms with Crippen molar-refractivity contribution in [1.29, 1.82) is 0 Å². The van der Waals surface area contributed by atoms with Crippen molar-refractivity contribution in [2.75, 3.05) is 32.1 Å². The van der Waals surface area contributed by atoms with Crippen LogP contribution in [-0.4, -0.2) is 42.1 Å². The number of hydrogen-bond donors (Lipinski definition) is 3. The number of aryl methyl sites for hydroxylation is 1. The Morgan fingerprint density at radius 2 is 1.68 bits per heavy atom.